The van der Waals surface area contributed by atoms with Crippen molar-refractivity contribution in [2.24, 2.45) is 13.0 Å². The van der Waals surface area contributed by atoms with Gasteiger partial charge in [-0.1, -0.05) is 0 Å². The van der Waals surface area contributed by atoms with Gasteiger partial charge in [-0.25, -0.2) is 4.68 Å². The zero-order chi connectivity index (χ0) is 19.1. The van der Waals surface area contributed by atoms with Crippen LogP contribution in [0.5, 0.6) is 5.75 Å². The average Bonchev–Trinajstić information content (AvgIpc) is 3.32. The zero-order valence-corrected chi connectivity index (χ0v) is 14.9. The van der Waals surface area contributed by atoms with Crippen LogP contribution in [-0.2, 0) is 11.8 Å². The van der Waals surface area contributed by atoms with E-state index in [0.29, 0.717) is 40.0 Å². The highest BCUT2D eigenvalue weighted by molar-refractivity contribution is 5.89. The lowest BCUT2D eigenvalue weighted by atomic mass is 10.0. The molecule has 1 amide bonds. The Morgan fingerprint density at radius 1 is 1.30 bits per heavy atom. The highest BCUT2D eigenvalue weighted by atomic mass is 19.3. The topological polar surface area (TPSA) is 74.0 Å². The van der Waals surface area contributed by atoms with Crippen LogP contribution < -0.4 is 10.1 Å². The fraction of sp³-hybridized carbons (Fsp3) is 0.389. The Labute approximate surface area is 153 Å². The molecule has 142 valence electrons. The number of benzene rings is 1. The number of hydrogen-bond acceptors (Lipinski definition) is 4. The van der Waals surface area contributed by atoms with E-state index in [-0.39, 0.29) is 17.9 Å². The van der Waals surface area contributed by atoms with Crippen LogP contribution in [0.3, 0.4) is 0 Å². The summed E-state index contributed by atoms with van der Waals surface area (Å²) in [5, 5.41) is 11.7. The second-order valence-electron chi connectivity index (χ2n) is 6.79. The molecule has 0 spiro atoms. The molecule has 1 aliphatic heterocycles. The minimum Gasteiger partial charge on any atom is -0.490 e. The summed E-state index contributed by atoms with van der Waals surface area (Å²) in [5.41, 5.74) is 1.94. The average molecular weight is 375 g/mol. The van der Waals surface area contributed by atoms with Gasteiger partial charge in [0.05, 0.1) is 17.1 Å². The second-order valence-corrected chi connectivity index (χ2v) is 6.79. The molecule has 2 atom stereocenters. The molecule has 1 saturated heterocycles. The summed E-state index contributed by atoms with van der Waals surface area (Å²) >= 11 is 0. The third-order valence-electron chi connectivity index (χ3n) is 4.82. The molecule has 1 N–H and O–H groups in total. The number of carbonyl (C=O) groups excluding carboxylic acids is 1. The summed E-state index contributed by atoms with van der Waals surface area (Å²) in [6, 6.07) is 3.62. The van der Waals surface area contributed by atoms with Gasteiger partial charge in [0, 0.05) is 43.9 Å². The summed E-state index contributed by atoms with van der Waals surface area (Å²) in [7, 11) is 1.81. The van der Waals surface area contributed by atoms with Crippen LogP contribution in [0, 0.1) is 5.92 Å². The van der Waals surface area contributed by atoms with Gasteiger partial charge in [0.2, 0.25) is 5.91 Å². The van der Waals surface area contributed by atoms with Crippen molar-refractivity contribution in [1.82, 2.24) is 24.9 Å². The van der Waals surface area contributed by atoms with E-state index < -0.39 is 6.55 Å². The van der Waals surface area contributed by atoms with Crippen molar-refractivity contribution in [3.63, 3.8) is 0 Å². The summed E-state index contributed by atoms with van der Waals surface area (Å²) < 4.78 is 34.1. The van der Waals surface area contributed by atoms with E-state index in [0.717, 1.165) is 5.39 Å². The molecule has 3 heterocycles. The Balaban J connectivity index is 1.70. The normalized spacial score (nSPS) is 18.3. The first-order valence-electron chi connectivity index (χ1n) is 8.64. The molecule has 0 radical (unpaired) electrons. The number of aromatic nitrogens is 4. The van der Waals surface area contributed by atoms with Crippen LogP contribution in [0.25, 0.3) is 22.0 Å². The maximum absolute atomic E-state index is 12.8. The fourth-order valence-corrected chi connectivity index (χ4v) is 3.32. The minimum atomic E-state index is -2.69. The number of carbonyl (C=O) groups is 1. The maximum atomic E-state index is 12.8. The lowest BCUT2D eigenvalue weighted by Crippen LogP contribution is -2.25. The Bertz CT molecular complexity index is 997. The minimum absolute atomic E-state index is 0.0233. The summed E-state index contributed by atoms with van der Waals surface area (Å²) in [6.07, 6.45) is 4.77. The van der Waals surface area contributed by atoms with Gasteiger partial charge in [-0.05, 0) is 24.6 Å². The molecule has 1 aliphatic rings. The van der Waals surface area contributed by atoms with Crippen LogP contribution in [0.2, 0.25) is 0 Å². The Kier molecular flexibility index (Phi) is 4.29. The SMILES string of the molecule is CC(Oc1cc(-c2cnn(C(F)F)c2)cc2nn(C)cc12)C1CNC(=O)C1. The second kappa shape index (κ2) is 6.64. The number of hydrogen-bond donors (Lipinski definition) is 1. The van der Waals surface area contributed by atoms with E-state index >= 15 is 0 Å². The third kappa shape index (κ3) is 3.36. The molecule has 0 saturated carbocycles. The number of rotatable bonds is 5. The number of nitrogens with zero attached hydrogens (tertiary/aromatic N) is 4. The van der Waals surface area contributed by atoms with Gasteiger partial charge in [0.1, 0.15) is 11.9 Å². The molecule has 7 nitrogen and oxygen atoms in total. The Morgan fingerprint density at radius 2 is 2.11 bits per heavy atom. The highest BCUT2D eigenvalue weighted by Gasteiger charge is 2.28. The Morgan fingerprint density at radius 3 is 2.78 bits per heavy atom. The first-order valence-corrected chi connectivity index (χ1v) is 8.64. The number of amides is 1. The van der Waals surface area contributed by atoms with Gasteiger partial charge in [0.25, 0.3) is 0 Å². The van der Waals surface area contributed by atoms with E-state index in [2.05, 4.69) is 15.5 Å². The quantitative estimate of drug-likeness (QED) is 0.744. The van der Waals surface area contributed by atoms with Crippen LogP contribution in [0.15, 0.2) is 30.7 Å². The number of fused-ring (bicyclic) bond motifs is 1. The molecule has 3 aromatic rings. The van der Waals surface area contributed by atoms with E-state index in [9.17, 15) is 13.6 Å². The first-order chi connectivity index (χ1) is 12.9. The zero-order valence-electron chi connectivity index (χ0n) is 14.9. The van der Waals surface area contributed by atoms with Gasteiger partial charge >= 0.3 is 6.55 Å². The maximum Gasteiger partial charge on any atom is 0.333 e. The molecule has 9 heteroatoms. The molecule has 4 rings (SSSR count). The predicted octanol–water partition coefficient (Wildman–Crippen LogP) is 2.74. The van der Waals surface area contributed by atoms with Crippen molar-refractivity contribution in [3.05, 3.63) is 30.7 Å². The van der Waals surface area contributed by atoms with Gasteiger partial charge in [-0.15, -0.1) is 0 Å². The molecule has 1 fully saturated rings. The first kappa shape index (κ1) is 17.4. The van der Waals surface area contributed by atoms with E-state index in [1.807, 2.05) is 19.2 Å². The number of halogens is 2. The van der Waals surface area contributed by atoms with Gasteiger partial charge in [-0.3, -0.25) is 9.48 Å². The van der Waals surface area contributed by atoms with Gasteiger partial charge in [-0.2, -0.15) is 19.0 Å². The molecule has 0 bridgehead atoms. The van der Waals surface area contributed by atoms with Gasteiger partial charge < -0.3 is 10.1 Å². The van der Waals surface area contributed by atoms with Crippen LogP contribution in [0.1, 0.15) is 19.9 Å². The fourth-order valence-electron chi connectivity index (χ4n) is 3.32. The third-order valence-corrected chi connectivity index (χ3v) is 4.82. The molecule has 1 aromatic carbocycles. The molecule has 0 aliphatic carbocycles. The van der Waals surface area contributed by atoms with Crippen molar-refractivity contribution in [2.75, 3.05) is 6.54 Å². The number of alkyl halides is 2. The lowest BCUT2D eigenvalue weighted by molar-refractivity contribution is -0.119. The van der Waals surface area contributed by atoms with Crippen LogP contribution in [0.4, 0.5) is 8.78 Å². The van der Waals surface area contributed by atoms with Crippen LogP contribution >= 0.6 is 0 Å². The summed E-state index contributed by atoms with van der Waals surface area (Å²) in [4.78, 5) is 11.5. The largest absolute Gasteiger partial charge is 0.490 e. The van der Waals surface area contributed by atoms with Crippen molar-refractivity contribution >= 4 is 16.8 Å². The number of nitrogens with one attached hydrogen (secondary N) is 1. The summed E-state index contributed by atoms with van der Waals surface area (Å²) in [6.45, 7) is -0.188. The predicted molar refractivity (Wildman–Crippen MR) is 94.4 cm³/mol. The molecular formula is C18H19F2N5O2. The van der Waals surface area contributed by atoms with Gasteiger partial charge in [0.15, 0.2) is 0 Å². The van der Waals surface area contributed by atoms with E-state index in [1.165, 1.54) is 12.4 Å². The van der Waals surface area contributed by atoms with Crippen molar-refractivity contribution in [3.8, 4) is 16.9 Å². The summed E-state index contributed by atoms with van der Waals surface area (Å²) in [5.74, 6) is 0.705. The Hall–Kier alpha value is -2.97. The molecule has 27 heavy (non-hydrogen) atoms. The standard InChI is InChI=1S/C18H19F2N5O2/c1-10(12-5-17(26)21-6-12)27-16-4-11(3-15-14(16)9-24(2)23-15)13-7-22-25(8-13)18(19)20/h3-4,7-10,12,18H,5-6H2,1-2H3,(H,21,26). The molecule has 2 unspecified atom stereocenters. The highest BCUT2D eigenvalue weighted by Crippen LogP contribution is 2.34. The van der Waals surface area contributed by atoms with Crippen molar-refractivity contribution in [1.29, 1.82) is 0 Å². The van der Waals surface area contributed by atoms with Crippen molar-refractivity contribution < 1.29 is 18.3 Å². The molecule has 2 aromatic heterocycles. The van der Waals surface area contributed by atoms with E-state index in [4.69, 9.17) is 4.74 Å². The smallest absolute Gasteiger partial charge is 0.333 e. The van der Waals surface area contributed by atoms with E-state index in [1.54, 1.807) is 17.8 Å². The monoisotopic (exact) mass is 375 g/mol. The number of ether oxygens (including phenoxy) is 1. The lowest BCUT2D eigenvalue weighted by Gasteiger charge is -2.20. The van der Waals surface area contributed by atoms with Crippen LogP contribution in [-0.4, -0.2) is 38.1 Å². The molecular weight excluding hydrogens is 356 g/mol. The van der Waals surface area contributed by atoms with Crippen molar-refractivity contribution in [2.45, 2.75) is 26.0 Å². The number of aryl methyl sites for hydroxylation is 1.